The third-order valence-corrected chi connectivity index (χ3v) is 3.86. The molecule has 6 heteroatoms. The fourth-order valence-corrected chi connectivity index (χ4v) is 3.07. The highest BCUT2D eigenvalue weighted by atomic mass is 35.5. The van der Waals surface area contributed by atoms with Gasteiger partial charge in [-0.15, -0.1) is 0 Å². The molecule has 2 fully saturated rings. The second-order valence-electron chi connectivity index (χ2n) is 4.35. The van der Waals surface area contributed by atoms with Crippen LogP contribution in [-0.4, -0.2) is 47.0 Å². The molecule has 1 unspecified atom stereocenters. The Balaban J connectivity index is 1.90. The molecule has 2 aliphatic heterocycles. The van der Waals surface area contributed by atoms with Crippen LogP contribution in [-0.2, 0) is 14.2 Å². The SMILES string of the molecule is OC[C@]12OC1[C@@H](O)[C@@H]1C=CO[C@@H](OCCl)[C@@H]12. The van der Waals surface area contributed by atoms with Gasteiger partial charge in [0.25, 0.3) is 0 Å². The van der Waals surface area contributed by atoms with E-state index in [1.807, 2.05) is 0 Å². The molecule has 90 valence electrons. The second kappa shape index (κ2) is 3.58. The summed E-state index contributed by atoms with van der Waals surface area (Å²) in [4.78, 5) is 0. The van der Waals surface area contributed by atoms with Crippen molar-refractivity contribution in [2.75, 3.05) is 12.7 Å². The monoisotopic (exact) mass is 248 g/mol. The van der Waals surface area contributed by atoms with E-state index in [0.717, 1.165) is 0 Å². The van der Waals surface area contributed by atoms with Crippen molar-refractivity contribution in [3.05, 3.63) is 12.3 Å². The maximum atomic E-state index is 9.99. The zero-order chi connectivity index (χ0) is 11.3. The van der Waals surface area contributed by atoms with E-state index in [1.165, 1.54) is 6.26 Å². The number of aliphatic hydroxyl groups is 2. The van der Waals surface area contributed by atoms with Crippen LogP contribution in [0.2, 0.25) is 0 Å². The van der Waals surface area contributed by atoms with E-state index in [-0.39, 0.29) is 30.6 Å². The normalized spacial score (nSPS) is 53.1. The maximum Gasteiger partial charge on any atom is 0.206 e. The summed E-state index contributed by atoms with van der Waals surface area (Å²) in [5.41, 5.74) is -0.717. The van der Waals surface area contributed by atoms with Crippen molar-refractivity contribution in [3.63, 3.8) is 0 Å². The summed E-state index contributed by atoms with van der Waals surface area (Å²) in [6, 6.07) is 0.00397. The molecule has 0 spiro atoms. The molecule has 0 aromatic rings. The molecule has 3 rings (SSSR count). The van der Waals surface area contributed by atoms with E-state index in [4.69, 9.17) is 25.8 Å². The molecular formula is C10H13ClO5. The predicted molar refractivity (Wildman–Crippen MR) is 53.5 cm³/mol. The molecular weight excluding hydrogens is 236 g/mol. The largest absolute Gasteiger partial charge is 0.472 e. The average Bonchev–Trinajstić information content (AvgIpc) is 2.99. The Morgan fingerprint density at radius 1 is 1.50 bits per heavy atom. The van der Waals surface area contributed by atoms with Gasteiger partial charge in [-0.3, -0.25) is 0 Å². The van der Waals surface area contributed by atoms with Crippen molar-refractivity contribution < 1.29 is 24.4 Å². The lowest BCUT2D eigenvalue weighted by molar-refractivity contribution is -0.172. The van der Waals surface area contributed by atoms with E-state index in [2.05, 4.69) is 0 Å². The first kappa shape index (κ1) is 10.8. The summed E-state index contributed by atoms with van der Waals surface area (Å²) < 4.78 is 16.0. The van der Waals surface area contributed by atoms with Gasteiger partial charge in [-0.1, -0.05) is 11.6 Å². The molecule has 2 N–H and O–H groups in total. The van der Waals surface area contributed by atoms with Crippen molar-refractivity contribution in [2.24, 2.45) is 11.8 Å². The summed E-state index contributed by atoms with van der Waals surface area (Å²) in [5, 5.41) is 19.4. The Bertz CT molecular complexity index is 322. The summed E-state index contributed by atoms with van der Waals surface area (Å²) in [5.74, 6) is -0.311. The Morgan fingerprint density at radius 3 is 3.00 bits per heavy atom. The van der Waals surface area contributed by atoms with Gasteiger partial charge in [-0.25, -0.2) is 0 Å². The fraction of sp³-hybridized carbons (Fsp3) is 0.800. The first-order valence-corrected chi connectivity index (χ1v) is 5.74. The highest BCUT2D eigenvalue weighted by Crippen LogP contribution is 2.59. The van der Waals surface area contributed by atoms with Gasteiger partial charge in [-0.05, 0) is 6.08 Å². The van der Waals surface area contributed by atoms with E-state index >= 15 is 0 Å². The van der Waals surface area contributed by atoms with Crippen LogP contribution in [0.5, 0.6) is 0 Å². The van der Waals surface area contributed by atoms with Gasteiger partial charge >= 0.3 is 0 Å². The Morgan fingerprint density at radius 2 is 2.31 bits per heavy atom. The highest BCUT2D eigenvalue weighted by molar-refractivity contribution is 6.17. The predicted octanol–water partition coefficient (Wildman–Crippen LogP) is -0.194. The zero-order valence-electron chi connectivity index (χ0n) is 8.45. The number of alkyl halides is 1. The van der Waals surface area contributed by atoms with Crippen molar-refractivity contribution in [2.45, 2.75) is 24.1 Å². The van der Waals surface area contributed by atoms with Crippen molar-refractivity contribution in [1.29, 1.82) is 0 Å². The minimum absolute atomic E-state index is 0.00397. The molecule has 1 aliphatic carbocycles. The Hall–Kier alpha value is -0.330. The van der Waals surface area contributed by atoms with E-state index in [9.17, 15) is 10.2 Å². The topological polar surface area (TPSA) is 71.5 Å². The molecule has 3 aliphatic rings. The third kappa shape index (κ3) is 1.21. The van der Waals surface area contributed by atoms with Gasteiger partial charge in [0.05, 0.1) is 24.9 Å². The van der Waals surface area contributed by atoms with Gasteiger partial charge < -0.3 is 24.4 Å². The number of fused-ring (bicyclic) bond motifs is 3. The van der Waals surface area contributed by atoms with Gasteiger partial charge in [0, 0.05) is 5.92 Å². The molecule has 0 aromatic carbocycles. The van der Waals surface area contributed by atoms with E-state index in [1.54, 1.807) is 6.08 Å². The standard InChI is InChI=1S/C10H13ClO5/c11-4-15-9-6-5(1-2-14-9)7(13)8-10(6,3-12)16-8/h1-2,5-9,12-13H,3-4H2/t5-,6-,7+,8?,9+,10-/m1/s1. The van der Waals surface area contributed by atoms with Crippen LogP contribution in [0.1, 0.15) is 0 Å². The Kier molecular flexibility index (Phi) is 2.42. The number of hydrogen-bond acceptors (Lipinski definition) is 5. The molecule has 5 nitrogen and oxygen atoms in total. The number of hydrogen-bond donors (Lipinski definition) is 2. The molecule has 0 bridgehead atoms. The smallest absolute Gasteiger partial charge is 0.206 e. The summed E-state index contributed by atoms with van der Waals surface area (Å²) in [6.07, 6.45) is 1.80. The first-order valence-electron chi connectivity index (χ1n) is 5.21. The van der Waals surface area contributed by atoms with Crippen LogP contribution in [0, 0.1) is 11.8 Å². The number of rotatable bonds is 3. The van der Waals surface area contributed by atoms with Gasteiger partial charge in [0.2, 0.25) is 6.29 Å². The third-order valence-electron chi connectivity index (χ3n) is 3.74. The molecule has 0 radical (unpaired) electrons. The van der Waals surface area contributed by atoms with Crippen molar-refractivity contribution in [1.82, 2.24) is 0 Å². The van der Waals surface area contributed by atoms with Crippen LogP contribution in [0.15, 0.2) is 12.3 Å². The second-order valence-corrected chi connectivity index (χ2v) is 4.57. The quantitative estimate of drug-likeness (QED) is 0.535. The first-order chi connectivity index (χ1) is 7.74. The van der Waals surface area contributed by atoms with Crippen LogP contribution < -0.4 is 0 Å². The lowest BCUT2D eigenvalue weighted by atomic mass is 9.86. The molecule has 2 heterocycles. The molecule has 16 heavy (non-hydrogen) atoms. The van der Waals surface area contributed by atoms with Crippen LogP contribution in [0.3, 0.4) is 0 Å². The average molecular weight is 249 g/mol. The zero-order valence-corrected chi connectivity index (χ0v) is 9.21. The lowest BCUT2D eigenvalue weighted by Crippen LogP contribution is -2.43. The molecule has 1 saturated heterocycles. The van der Waals surface area contributed by atoms with Crippen LogP contribution in [0.4, 0.5) is 0 Å². The molecule has 0 aromatic heterocycles. The maximum absolute atomic E-state index is 9.99. The molecule has 0 amide bonds. The Labute approximate surface area is 97.5 Å². The summed E-state index contributed by atoms with van der Waals surface area (Å²) in [7, 11) is 0. The molecule has 6 atom stereocenters. The number of ether oxygens (including phenoxy) is 3. The van der Waals surface area contributed by atoms with Crippen LogP contribution in [0.25, 0.3) is 0 Å². The molecule has 1 saturated carbocycles. The van der Waals surface area contributed by atoms with Gasteiger partial charge in [0.1, 0.15) is 17.8 Å². The van der Waals surface area contributed by atoms with E-state index < -0.39 is 18.0 Å². The van der Waals surface area contributed by atoms with Gasteiger partial charge in [-0.2, -0.15) is 0 Å². The number of halogens is 1. The van der Waals surface area contributed by atoms with E-state index in [0.29, 0.717) is 0 Å². The summed E-state index contributed by atoms with van der Waals surface area (Å²) in [6.45, 7) is -0.144. The lowest BCUT2D eigenvalue weighted by Gasteiger charge is -2.34. The van der Waals surface area contributed by atoms with Gasteiger partial charge in [0.15, 0.2) is 0 Å². The number of epoxide rings is 1. The fourth-order valence-electron chi connectivity index (χ4n) is 2.95. The van der Waals surface area contributed by atoms with Crippen molar-refractivity contribution >= 4 is 11.6 Å². The highest BCUT2D eigenvalue weighted by Gasteiger charge is 2.75. The van der Waals surface area contributed by atoms with Crippen LogP contribution >= 0.6 is 11.6 Å². The summed E-state index contributed by atoms with van der Waals surface area (Å²) >= 11 is 5.52. The minimum atomic E-state index is -0.717. The minimum Gasteiger partial charge on any atom is -0.472 e. The van der Waals surface area contributed by atoms with Crippen molar-refractivity contribution in [3.8, 4) is 0 Å². The number of aliphatic hydroxyl groups excluding tert-OH is 2.